The van der Waals surface area contributed by atoms with Gasteiger partial charge in [-0.1, -0.05) is 25.1 Å². The number of aryl methyl sites for hydroxylation is 1. The van der Waals surface area contributed by atoms with Crippen molar-refractivity contribution >= 4 is 23.2 Å². The van der Waals surface area contributed by atoms with E-state index in [4.69, 9.17) is 0 Å². The highest BCUT2D eigenvalue weighted by molar-refractivity contribution is 5.93. The third-order valence-electron chi connectivity index (χ3n) is 4.88. The van der Waals surface area contributed by atoms with E-state index in [0.717, 1.165) is 22.4 Å². The van der Waals surface area contributed by atoms with E-state index in [1.807, 2.05) is 13.0 Å². The van der Waals surface area contributed by atoms with Crippen LogP contribution in [0.5, 0.6) is 0 Å². The Kier molecular flexibility index (Phi) is 6.77. The highest BCUT2D eigenvalue weighted by atomic mass is 19.1. The van der Waals surface area contributed by atoms with Crippen LogP contribution in [0.4, 0.5) is 20.2 Å². The summed E-state index contributed by atoms with van der Waals surface area (Å²) in [5.74, 6) is -2.89. The summed E-state index contributed by atoms with van der Waals surface area (Å²) in [6, 6.07) is 10.2. The monoisotopic (exact) mass is 440 g/mol. The van der Waals surface area contributed by atoms with Crippen molar-refractivity contribution in [3.63, 3.8) is 0 Å². The van der Waals surface area contributed by atoms with Crippen molar-refractivity contribution in [1.29, 1.82) is 0 Å². The molecule has 1 aromatic heterocycles. The van der Waals surface area contributed by atoms with Crippen LogP contribution in [0.2, 0.25) is 0 Å². The van der Waals surface area contributed by atoms with Crippen LogP contribution in [0.1, 0.15) is 32.4 Å². The van der Waals surface area contributed by atoms with Gasteiger partial charge in [0.25, 0.3) is 5.56 Å². The first-order valence-corrected chi connectivity index (χ1v) is 9.97. The van der Waals surface area contributed by atoms with Gasteiger partial charge in [0, 0.05) is 24.2 Å². The maximum atomic E-state index is 13.9. The van der Waals surface area contributed by atoms with Crippen LogP contribution in [-0.2, 0) is 16.0 Å². The van der Waals surface area contributed by atoms with Gasteiger partial charge in [-0.25, -0.2) is 13.5 Å². The molecular formula is C23H22F2N4O3. The molecule has 1 heterocycles. The summed E-state index contributed by atoms with van der Waals surface area (Å²) in [5.41, 5.74) is 1.40. The van der Waals surface area contributed by atoms with Crippen LogP contribution in [0, 0.1) is 11.6 Å². The van der Waals surface area contributed by atoms with Gasteiger partial charge in [0.2, 0.25) is 11.8 Å². The zero-order valence-electron chi connectivity index (χ0n) is 17.8. The Hall–Kier alpha value is -3.88. The maximum absolute atomic E-state index is 13.9. The molecule has 2 amide bonds. The number of benzene rings is 2. The number of anilines is 2. The van der Waals surface area contributed by atoms with Crippen molar-refractivity contribution in [1.82, 2.24) is 9.78 Å². The number of amides is 2. The number of aromatic nitrogens is 2. The predicted octanol–water partition coefficient (Wildman–Crippen LogP) is 3.91. The summed E-state index contributed by atoms with van der Waals surface area (Å²) in [5, 5.41) is 9.21. The van der Waals surface area contributed by atoms with Crippen molar-refractivity contribution in [3.8, 4) is 11.3 Å². The summed E-state index contributed by atoms with van der Waals surface area (Å²) >= 11 is 0. The van der Waals surface area contributed by atoms with Gasteiger partial charge in [-0.3, -0.25) is 14.4 Å². The SMILES string of the molecule is CCc1ccc(-c2ccc(=O)n(C(C)C(=O)Nc3c(F)cccc3F)n2)cc1NC(C)=O. The second-order valence-electron chi connectivity index (χ2n) is 7.17. The largest absolute Gasteiger partial charge is 0.326 e. The molecule has 0 aliphatic carbocycles. The summed E-state index contributed by atoms with van der Waals surface area (Å²) in [6.45, 7) is 4.76. The topological polar surface area (TPSA) is 93.1 Å². The Labute approximate surface area is 183 Å². The lowest BCUT2D eigenvalue weighted by Gasteiger charge is -2.16. The Balaban J connectivity index is 1.94. The number of carbonyl (C=O) groups is 2. The second kappa shape index (κ2) is 9.51. The number of para-hydroxylation sites is 1. The molecule has 0 radical (unpaired) electrons. The minimum absolute atomic E-state index is 0.222. The summed E-state index contributed by atoms with van der Waals surface area (Å²) in [4.78, 5) is 36.5. The number of nitrogens with one attached hydrogen (secondary N) is 2. The molecular weight excluding hydrogens is 418 g/mol. The first kappa shape index (κ1) is 22.8. The van der Waals surface area contributed by atoms with E-state index in [0.29, 0.717) is 23.4 Å². The Morgan fingerprint density at radius 2 is 1.75 bits per heavy atom. The van der Waals surface area contributed by atoms with E-state index in [2.05, 4.69) is 15.7 Å². The van der Waals surface area contributed by atoms with Crippen LogP contribution in [-0.4, -0.2) is 21.6 Å². The highest BCUT2D eigenvalue weighted by Crippen LogP contribution is 2.25. The van der Waals surface area contributed by atoms with Crippen LogP contribution in [0.15, 0.2) is 53.3 Å². The van der Waals surface area contributed by atoms with E-state index in [-0.39, 0.29) is 5.91 Å². The van der Waals surface area contributed by atoms with Gasteiger partial charge in [-0.05, 0) is 43.2 Å². The molecule has 3 rings (SSSR count). The summed E-state index contributed by atoms with van der Waals surface area (Å²) < 4.78 is 28.7. The number of hydrogen-bond donors (Lipinski definition) is 2. The molecule has 0 fully saturated rings. The average molecular weight is 440 g/mol. The number of halogens is 2. The van der Waals surface area contributed by atoms with E-state index in [1.54, 1.807) is 12.1 Å². The molecule has 1 atom stereocenters. The van der Waals surface area contributed by atoms with E-state index in [1.165, 1.54) is 32.0 Å². The molecule has 0 aliphatic heterocycles. The number of rotatable bonds is 6. The quantitative estimate of drug-likeness (QED) is 0.608. The third kappa shape index (κ3) is 4.88. The fourth-order valence-corrected chi connectivity index (χ4v) is 3.16. The third-order valence-corrected chi connectivity index (χ3v) is 4.88. The van der Waals surface area contributed by atoms with Gasteiger partial charge in [-0.2, -0.15) is 5.10 Å². The minimum Gasteiger partial charge on any atom is -0.326 e. The van der Waals surface area contributed by atoms with Gasteiger partial charge in [0.15, 0.2) is 0 Å². The molecule has 32 heavy (non-hydrogen) atoms. The van der Waals surface area contributed by atoms with Crippen LogP contribution >= 0.6 is 0 Å². The molecule has 166 valence electrons. The zero-order valence-corrected chi connectivity index (χ0v) is 17.8. The molecule has 2 N–H and O–H groups in total. The fourth-order valence-electron chi connectivity index (χ4n) is 3.16. The molecule has 1 unspecified atom stereocenters. The second-order valence-corrected chi connectivity index (χ2v) is 7.17. The van der Waals surface area contributed by atoms with Gasteiger partial charge in [0.05, 0.1) is 5.69 Å². The molecule has 9 heteroatoms. The molecule has 2 aromatic carbocycles. The van der Waals surface area contributed by atoms with Crippen molar-refractivity contribution in [2.24, 2.45) is 0 Å². The predicted molar refractivity (Wildman–Crippen MR) is 117 cm³/mol. The molecule has 0 spiro atoms. The normalized spacial score (nSPS) is 11.7. The van der Waals surface area contributed by atoms with Crippen LogP contribution < -0.4 is 16.2 Å². The highest BCUT2D eigenvalue weighted by Gasteiger charge is 2.21. The average Bonchev–Trinajstić information content (AvgIpc) is 2.75. The van der Waals surface area contributed by atoms with Crippen molar-refractivity contribution < 1.29 is 18.4 Å². The lowest BCUT2D eigenvalue weighted by molar-refractivity contribution is -0.119. The standard InChI is InChI=1S/C23H22F2N4O3/c1-4-15-8-9-16(12-20(15)26-14(3)30)19-10-11-21(31)29(28-19)13(2)23(32)27-22-17(24)6-5-7-18(22)25/h5-13H,4H2,1-3H3,(H,26,30)(H,27,32). The van der Waals surface area contributed by atoms with Crippen LogP contribution in [0.25, 0.3) is 11.3 Å². The lowest BCUT2D eigenvalue weighted by Crippen LogP contribution is -2.33. The van der Waals surface area contributed by atoms with E-state index >= 15 is 0 Å². The van der Waals surface area contributed by atoms with Crippen molar-refractivity contribution in [3.05, 3.63) is 76.1 Å². The van der Waals surface area contributed by atoms with Gasteiger partial charge in [-0.15, -0.1) is 0 Å². The van der Waals surface area contributed by atoms with E-state index < -0.39 is 34.8 Å². The maximum Gasteiger partial charge on any atom is 0.267 e. The summed E-state index contributed by atoms with van der Waals surface area (Å²) in [6.07, 6.45) is 0.701. The first-order chi connectivity index (χ1) is 15.2. The van der Waals surface area contributed by atoms with Crippen molar-refractivity contribution in [2.75, 3.05) is 10.6 Å². The lowest BCUT2D eigenvalue weighted by atomic mass is 10.0. The Morgan fingerprint density at radius 3 is 2.38 bits per heavy atom. The van der Waals surface area contributed by atoms with Crippen LogP contribution in [0.3, 0.4) is 0 Å². The summed E-state index contributed by atoms with van der Waals surface area (Å²) in [7, 11) is 0. The Morgan fingerprint density at radius 1 is 1.06 bits per heavy atom. The van der Waals surface area contributed by atoms with E-state index in [9.17, 15) is 23.2 Å². The van der Waals surface area contributed by atoms with Gasteiger partial charge < -0.3 is 10.6 Å². The number of hydrogen-bond acceptors (Lipinski definition) is 4. The van der Waals surface area contributed by atoms with Gasteiger partial charge in [0.1, 0.15) is 23.4 Å². The molecule has 3 aromatic rings. The number of carbonyl (C=O) groups excluding carboxylic acids is 2. The minimum atomic E-state index is -1.15. The molecule has 0 saturated heterocycles. The Bertz CT molecular complexity index is 1220. The van der Waals surface area contributed by atoms with Gasteiger partial charge >= 0.3 is 0 Å². The number of nitrogens with zero attached hydrogens (tertiary/aromatic N) is 2. The molecule has 7 nitrogen and oxygen atoms in total. The molecule has 0 bridgehead atoms. The molecule has 0 saturated carbocycles. The smallest absolute Gasteiger partial charge is 0.267 e. The first-order valence-electron chi connectivity index (χ1n) is 9.97. The fraction of sp³-hybridized carbons (Fsp3) is 0.217. The van der Waals surface area contributed by atoms with Crippen molar-refractivity contribution in [2.45, 2.75) is 33.2 Å². The molecule has 0 aliphatic rings. The zero-order chi connectivity index (χ0) is 23.4.